The number of hydrogen-bond donors (Lipinski definition) is 0. The van der Waals surface area contributed by atoms with E-state index in [0.29, 0.717) is 24.7 Å². The normalized spacial score (nSPS) is 15.4. The predicted octanol–water partition coefficient (Wildman–Crippen LogP) is 3.37. The second-order valence-corrected chi connectivity index (χ2v) is 6.55. The van der Waals surface area contributed by atoms with Crippen LogP contribution in [0.5, 0.6) is 11.8 Å². The number of nitrogens with zero attached hydrogens (tertiary/aromatic N) is 2. The van der Waals surface area contributed by atoms with Crippen molar-refractivity contribution >= 4 is 0 Å². The van der Waals surface area contributed by atoms with Gasteiger partial charge in [0.15, 0.2) is 6.10 Å². The van der Waals surface area contributed by atoms with Gasteiger partial charge < -0.3 is 9.47 Å². The van der Waals surface area contributed by atoms with E-state index in [1.807, 2.05) is 28.8 Å². The van der Waals surface area contributed by atoms with Gasteiger partial charge in [0.25, 0.3) is 11.6 Å². The molecule has 0 bridgehead atoms. The third kappa shape index (κ3) is 3.20. The third-order valence-electron chi connectivity index (χ3n) is 4.55. The zero-order valence-electron chi connectivity index (χ0n) is 14.8. The second kappa shape index (κ2) is 6.67. The molecule has 0 saturated carbocycles. The van der Waals surface area contributed by atoms with Crippen LogP contribution in [0.15, 0.2) is 59.5 Å². The fraction of sp³-hybridized carbons (Fsp3) is 0.238. The number of fused-ring (bicyclic) bond motifs is 1. The zero-order chi connectivity index (χ0) is 18.1. The maximum Gasteiger partial charge on any atom is 0.300 e. The summed E-state index contributed by atoms with van der Waals surface area (Å²) in [5, 5.41) is 0. The number of hydrogen-bond acceptors (Lipinski definition) is 4. The molecular formula is C21H20N2O3. The van der Waals surface area contributed by atoms with E-state index in [2.05, 4.69) is 36.2 Å². The molecule has 4 rings (SSSR count). The van der Waals surface area contributed by atoms with Gasteiger partial charge in [0.1, 0.15) is 12.4 Å². The van der Waals surface area contributed by atoms with Gasteiger partial charge in [0.2, 0.25) is 0 Å². The van der Waals surface area contributed by atoms with Crippen LogP contribution in [0.25, 0.3) is 11.1 Å². The average Bonchev–Trinajstić information content (AvgIpc) is 3.03. The predicted molar refractivity (Wildman–Crippen MR) is 99.8 cm³/mol. The van der Waals surface area contributed by atoms with E-state index in [0.717, 1.165) is 11.3 Å². The van der Waals surface area contributed by atoms with E-state index >= 15 is 0 Å². The molecule has 3 aromatic rings. The Bertz CT molecular complexity index is 993. The molecule has 1 aliphatic rings. The van der Waals surface area contributed by atoms with E-state index in [9.17, 15) is 4.79 Å². The van der Waals surface area contributed by atoms with Crippen LogP contribution < -0.4 is 15.0 Å². The van der Waals surface area contributed by atoms with E-state index in [1.165, 1.54) is 11.1 Å². The van der Waals surface area contributed by atoms with Gasteiger partial charge in [-0.1, -0.05) is 36.4 Å². The van der Waals surface area contributed by atoms with Crippen LogP contribution >= 0.6 is 0 Å². The summed E-state index contributed by atoms with van der Waals surface area (Å²) in [7, 11) is 0. The van der Waals surface area contributed by atoms with E-state index in [-0.39, 0.29) is 11.7 Å². The van der Waals surface area contributed by atoms with Crippen molar-refractivity contribution < 1.29 is 9.47 Å². The van der Waals surface area contributed by atoms with Crippen molar-refractivity contribution in [3.05, 3.63) is 76.2 Å². The minimum atomic E-state index is -0.246. The van der Waals surface area contributed by atoms with E-state index < -0.39 is 0 Å². The van der Waals surface area contributed by atoms with E-state index in [1.54, 1.807) is 13.1 Å². The van der Waals surface area contributed by atoms with Gasteiger partial charge in [0.05, 0.1) is 6.54 Å². The first kappa shape index (κ1) is 16.4. The van der Waals surface area contributed by atoms with Crippen molar-refractivity contribution in [3.8, 4) is 22.9 Å². The number of rotatable bonds is 4. The largest absolute Gasteiger partial charge is 0.490 e. The van der Waals surface area contributed by atoms with Crippen LogP contribution in [0.3, 0.4) is 0 Å². The summed E-state index contributed by atoms with van der Waals surface area (Å²) in [4.78, 5) is 15.5. The van der Waals surface area contributed by atoms with Crippen molar-refractivity contribution in [2.45, 2.75) is 26.5 Å². The van der Waals surface area contributed by atoms with Gasteiger partial charge >= 0.3 is 0 Å². The Morgan fingerprint density at radius 1 is 1.12 bits per heavy atom. The highest BCUT2D eigenvalue weighted by Gasteiger charge is 2.24. The summed E-state index contributed by atoms with van der Waals surface area (Å²) in [6.45, 7) is 4.89. The van der Waals surface area contributed by atoms with Gasteiger partial charge in [-0.3, -0.25) is 9.36 Å². The Morgan fingerprint density at radius 3 is 2.65 bits per heavy atom. The second-order valence-electron chi connectivity index (χ2n) is 6.55. The number of aryl methyl sites for hydroxylation is 2. The molecule has 0 unspecified atom stereocenters. The number of ether oxygens (including phenoxy) is 2. The molecule has 0 amide bonds. The molecule has 0 saturated heterocycles. The lowest BCUT2D eigenvalue weighted by Crippen LogP contribution is -2.23. The lowest BCUT2D eigenvalue weighted by atomic mass is 10.0. The maximum atomic E-state index is 11.6. The number of benzene rings is 2. The lowest BCUT2D eigenvalue weighted by Gasteiger charge is -2.12. The highest BCUT2D eigenvalue weighted by molar-refractivity contribution is 5.67. The molecule has 2 aromatic carbocycles. The monoisotopic (exact) mass is 348 g/mol. The molecule has 5 heteroatoms. The Hall–Kier alpha value is -3.08. The van der Waals surface area contributed by atoms with Gasteiger partial charge in [-0.25, -0.2) is 0 Å². The van der Waals surface area contributed by atoms with Gasteiger partial charge in [-0.2, -0.15) is 4.98 Å². The minimum absolute atomic E-state index is 0.153. The topological polar surface area (TPSA) is 53.4 Å². The van der Waals surface area contributed by atoms with Crippen LogP contribution in [-0.2, 0) is 6.54 Å². The molecule has 26 heavy (non-hydrogen) atoms. The quantitative estimate of drug-likeness (QED) is 0.725. The average molecular weight is 348 g/mol. The highest BCUT2D eigenvalue weighted by atomic mass is 16.6. The summed E-state index contributed by atoms with van der Waals surface area (Å²) < 4.78 is 13.4. The molecule has 1 atom stereocenters. The first-order valence-corrected chi connectivity index (χ1v) is 8.64. The maximum absolute atomic E-state index is 11.6. The smallest absolute Gasteiger partial charge is 0.300 e. The highest BCUT2D eigenvalue weighted by Crippen LogP contribution is 2.25. The van der Waals surface area contributed by atoms with Gasteiger partial charge in [0, 0.05) is 11.8 Å². The van der Waals surface area contributed by atoms with Crippen molar-refractivity contribution in [3.63, 3.8) is 0 Å². The molecular weight excluding hydrogens is 328 g/mol. The van der Waals surface area contributed by atoms with Crippen molar-refractivity contribution in [2.75, 3.05) is 6.61 Å². The Morgan fingerprint density at radius 2 is 1.88 bits per heavy atom. The van der Waals surface area contributed by atoms with Crippen LogP contribution in [0.4, 0.5) is 0 Å². The molecule has 132 valence electrons. The van der Waals surface area contributed by atoms with Crippen LogP contribution in [0.1, 0.15) is 11.1 Å². The lowest BCUT2D eigenvalue weighted by molar-refractivity contribution is 0.143. The van der Waals surface area contributed by atoms with Crippen molar-refractivity contribution in [2.24, 2.45) is 0 Å². The summed E-state index contributed by atoms with van der Waals surface area (Å²) in [6.07, 6.45) is 1.63. The summed E-state index contributed by atoms with van der Waals surface area (Å²) in [6, 6.07) is 16.7. The fourth-order valence-corrected chi connectivity index (χ4v) is 3.12. The summed E-state index contributed by atoms with van der Waals surface area (Å²) in [5.74, 6) is 0.792. The standard InChI is InChI=1S/C21H20N2O3/c1-14-5-3-4-6-19(14)16-7-9-17(10-8-16)25-13-18-12-23-11-15(2)20(24)22-21(23)26-18/h3-11,18H,12-13H2,1-2H3/t18-/m0/s1. The summed E-state index contributed by atoms with van der Waals surface area (Å²) >= 11 is 0. The van der Waals surface area contributed by atoms with Crippen molar-refractivity contribution in [1.29, 1.82) is 0 Å². The molecule has 1 aliphatic heterocycles. The molecule has 2 heterocycles. The Labute approximate surface area is 151 Å². The van der Waals surface area contributed by atoms with Crippen molar-refractivity contribution in [1.82, 2.24) is 9.55 Å². The third-order valence-corrected chi connectivity index (χ3v) is 4.55. The molecule has 5 nitrogen and oxygen atoms in total. The van der Waals surface area contributed by atoms with E-state index in [4.69, 9.17) is 9.47 Å². The van der Waals surface area contributed by atoms with Crippen LogP contribution in [-0.4, -0.2) is 22.3 Å². The van der Waals surface area contributed by atoms with Gasteiger partial charge in [-0.05, 0) is 42.7 Å². The Kier molecular flexibility index (Phi) is 4.21. The van der Waals surface area contributed by atoms with Crippen LogP contribution in [0.2, 0.25) is 0 Å². The molecule has 0 spiro atoms. The first-order chi connectivity index (χ1) is 12.6. The minimum Gasteiger partial charge on any atom is -0.490 e. The molecule has 0 N–H and O–H groups in total. The van der Waals surface area contributed by atoms with Crippen LogP contribution in [0, 0.1) is 13.8 Å². The molecule has 1 aromatic heterocycles. The molecule has 0 aliphatic carbocycles. The fourth-order valence-electron chi connectivity index (χ4n) is 3.12. The molecule has 0 radical (unpaired) electrons. The SMILES string of the molecule is Cc1ccccc1-c1ccc(OC[C@@H]2Cn3cc(C)c(=O)nc3O2)cc1. The first-order valence-electron chi connectivity index (χ1n) is 8.64. The Balaban J connectivity index is 1.40. The van der Waals surface area contributed by atoms with Gasteiger partial charge in [-0.15, -0.1) is 0 Å². The summed E-state index contributed by atoms with van der Waals surface area (Å²) in [5.41, 5.74) is 4.00. The zero-order valence-corrected chi connectivity index (χ0v) is 14.8. The number of aromatic nitrogens is 2. The molecule has 0 fully saturated rings.